The lowest BCUT2D eigenvalue weighted by atomic mass is 10.1. The summed E-state index contributed by atoms with van der Waals surface area (Å²) in [5.41, 5.74) is -2.27. The zero-order valence-corrected chi connectivity index (χ0v) is 13.3. The molecule has 10 heteroatoms. The third-order valence-corrected chi connectivity index (χ3v) is 3.07. The van der Waals surface area contributed by atoms with Crippen LogP contribution in [0.5, 0.6) is 11.5 Å². The maximum Gasteiger partial charge on any atom is 0.431 e. The largest absolute Gasteiger partial charge is 0.493 e. The van der Waals surface area contributed by atoms with Crippen LogP contribution in [0.1, 0.15) is 17.0 Å². The highest BCUT2D eigenvalue weighted by Crippen LogP contribution is 2.32. The fraction of sp³-hybridized carbons (Fsp3) is 0.188. The van der Waals surface area contributed by atoms with E-state index >= 15 is 0 Å². The third-order valence-electron chi connectivity index (χ3n) is 3.07. The van der Waals surface area contributed by atoms with Crippen molar-refractivity contribution in [2.24, 2.45) is 0 Å². The van der Waals surface area contributed by atoms with Crippen LogP contribution in [0.3, 0.4) is 0 Å². The molecule has 0 aliphatic carbocycles. The van der Waals surface area contributed by atoms with E-state index in [1.807, 2.05) is 0 Å². The summed E-state index contributed by atoms with van der Waals surface area (Å²) < 4.78 is 48.5. The van der Waals surface area contributed by atoms with Crippen molar-refractivity contribution < 1.29 is 32.5 Å². The van der Waals surface area contributed by atoms with Crippen LogP contribution in [0.4, 0.5) is 13.2 Å². The number of para-hydroxylation sites is 1. The van der Waals surface area contributed by atoms with Gasteiger partial charge in [-0.05, 0) is 24.3 Å². The number of aromatic nitrogens is 2. The fourth-order valence-corrected chi connectivity index (χ4v) is 2.00. The zero-order chi connectivity index (χ0) is 19.3. The van der Waals surface area contributed by atoms with Gasteiger partial charge in [0.2, 0.25) is 0 Å². The number of benzene rings is 1. The molecule has 0 atom stereocenters. The van der Waals surface area contributed by atoms with Crippen LogP contribution in [0.2, 0.25) is 0 Å². The molecule has 0 saturated carbocycles. The predicted octanol–water partition coefficient (Wildman–Crippen LogP) is 2.43. The van der Waals surface area contributed by atoms with Crippen molar-refractivity contribution in [1.82, 2.24) is 9.97 Å². The lowest BCUT2D eigenvalue weighted by Crippen LogP contribution is -2.19. The number of halogens is 3. The van der Waals surface area contributed by atoms with E-state index < -0.39 is 30.1 Å². The molecule has 0 aliphatic rings. The number of nitrogens with one attached hydrogen (secondary N) is 1. The summed E-state index contributed by atoms with van der Waals surface area (Å²) in [5.74, 6) is -0.880. The quantitative estimate of drug-likeness (QED) is 0.810. The van der Waals surface area contributed by atoms with Crippen molar-refractivity contribution in [3.05, 3.63) is 51.7 Å². The van der Waals surface area contributed by atoms with Crippen LogP contribution in [0.25, 0.3) is 12.2 Å². The summed E-state index contributed by atoms with van der Waals surface area (Å²) in [5, 5.41) is 8.74. The van der Waals surface area contributed by atoms with Crippen molar-refractivity contribution >= 4 is 18.1 Å². The monoisotopic (exact) mass is 370 g/mol. The Hall–Kier alpha value is -3.30. The van der Waals surface area contributed by atoms with Crippen molar-refractivity contribution in [3.8, 4) is 11.5 Å². The Bertz CT molecular complexity index is 890. The second kappa shape index (κ2) is 7.72. The number of nitrogens with zero attached hydrogens (tertiary/aromatic N) is 1. The molecule has 0 aliphatic heterocycles. The van der Waals surface area contributed by atoms with Crippen molar-refractivity contribution in [3.63, 3.8) is 0 Å². The molecule has 0 bridgehead atoms. The molecule has 2 N–H and O–H groups in total. The maximum absolute atomic E-state index is 12.7. The molecule has 2 aromatic rings. The van der Waals surface area contributed by atoms with E-state index in [1.165, 1.54) is 31.4 Å². The van der Waals surface area contributed by atoms with Gasteiger partial charge in [0.05, 0.1) is 12.8 Å². The van der Waals surface area contributed by atoms with Gasteiger partial charge < -0.3 is 19.6 Å². The number of aliphatic carboxylic acids is 1. The Morgan fingerprint density at radius 2 is 2.08 bits per heavy atom. The molecule has 1 heterocycles. The minimum Gasteiger partial charge on any atom is -0.493 e. The number of carboxylic acids is 1. The maximum atomic E-state index is 12.7. The first-order valence-electron chi connectivity index (χ1n) is 7.09. The SMILES string of the molecule is COc1cccc(/C=C/c2cc(C(F)(F)F)[nH]c(=O)n2)c1OCC(=O)O. The molecule has 0 radical (unpaired) electrons. The number of aromatic amines is 1. The number of H-pyrrole nitrogens is 1. The lowest BCUT2D eigenvalue weighted by molar-refractivity contribution is -0.141. The Morgan fingerprint density at radius 1 is 1.35 bits per heavy atom. The van der Waals surface area contributed by atoms with Crippen LogP contribution >= 0.6 is 0 Å². The van der Waals surface area contributed by atoms with E-state index in [2.05, 4.69) is 4.98 Å². The Kier molecular flexibility index (Phi) is 5.65. The van der Waals surface area contributed by atoms with E-state index in [0.29, 0.717) is 11.6 Å². The zero-order valence-electron chi connectivity index (χ0n) is 13.3. The number of carboxylic acid groups (broad SMARTS) is 1. The van der Waals surface area contributed by atoms with Crippen LogP contribution in [0, 0.1) is 0 Å². The van der Waals surface area contributed by atoms with E-state index in [-0.39, 0.29) is 17.2 Å². The van der Waals surface area contributed by atoms with Crippen LogP contribution in [-0.2, 0) is 11.0 Å². The molecule has 26 heavy (non-hydrogen) atoms. The Labute approximate surface area is 144 Å². The molecule has 1 aromatic heterocycles. The Balaban J connectivity index is 2.40. The number of alkyl halides is 3. The summed E-state index contributed by atoms with van der Waals surface area (Å²) >= 11 is 0. The number of hydrogen-bond donors (Lipinski definition) is 2. The van der Waals surface area contributed by atoms with Gasteiger partial charge in [-0.25, -0.2) is 9.59 Å². The van der Waals surface area contributed by atoms with E-state index in [1.54, 1.807) is 11.1 Å². The van der Waals surface area contributed by atoms with Gasteiger partial charge >= 0.3 is 17.8 Å². The average Bonchev–Trinajstić information content (AvgIpc) is 2.56. The highest BCUT2D eigenvalue weighted by atomic mass is 19.4. The van der Waals surface area contributed by atoms with E-state index in [4.69, 9.17) is 14.6 Å². The smallest absolute Gasteiger partial charge is 0.431 e. The molecular formula is C16H13F3N2O5. The summed E-state index contributed by atoms with van der Waals surface area (Å²) in [4.78, 5) is 27.1. The molecular weight excluding hydrogens is 357 g/mol. The number of hydrogen-bond acceptors (Lipinski definition) is 5. The molecule has 7 nitrogen and oxygen atoms in total. The minimum atomic E-state index is -4.73. The van der Waals surface area contributed by atoms with E-state index in [9.17, 15) is 22.8 Å². The van der Waals surface area contributed by atoms with Gasteiger partial charge in [0.15, 0.2) is 18.1 Å². The molecule has 0 spiro atoms. The standard InChI is InChI=1S/C16H13F3N2O5/c1-25-11-4-2-3-9(14(11)26-8-13(22)23)5-6-10-7-12(16(17,18)19)21-15(24)20-10/h2-7H,8H2,1H3,(H,22,23)(H,20,21,24)/b6-5+. The van der Waals surface area contributed by atoms with Gasteiger partial charge in [-0.2, -0.15) is 18.2 Å². The average molecular weight is 370 g/mol. The molecule has 0 fully saturated rings. The summed E-state index contributed by atoms with van der Waals surface area (Å²) in [6.45, 7) is -0.636. The summed E-state index contributed by atoms with van der Waals surface area (Å²) in [7, 11) is 1.35. The molecule has 2 rings (SSSR count). The number of methoxy groups -OCH3 is 1. The Morgan fingerprint density at radius 3 is 2.69 bits per heavy atom. The lowest BCUT2D eigenvalue weighted by Gasteiger charge is -2.12. The highest BCUT2D eigenvalue weighted by molar-refractivity contribution is 5.74. The first-order chi connectivity index (χ1) is 12.2. The van der Waals surface area contributed by atoms with Crippen molar-refractivity contribution in [1.29, 1.82) is 0 Å². The van der Waals surface area contributed by atoms with Crippen LogP contribution < -0.4 is 15.2 Å². The fourth-order valence-electron chi connectivity index (χ4n) is 2.00. The molecule has 0 amide bonds. The molecule has 1 aromatic carbocycles. The second-order valence-corrected chi connectivity index (χ2v) is 4.92. The first kappa shape index (κ1) is 19.0. The summed E-state index contributed by atoms with van der Waals surface area (Å²) in [6.07, 6.45) is -2.22. The molecule has 138 valence electrons. The molecule has 0 unspecified atom stereocenters. The van der Waals surface area contributed by atoms with Crippen molar-refractivity contribution in [2.75, 3.05) is 13.7 Å². The van der Waals surface area contributed by atoms with Crippen LogP contribution in [-0.4, -0.2) is 34.8 Å². The van der Waals surface area contributed by atoms with Crippen LogP contribution in [0.15, 0.2) is 29.1 Å². The predicted molar refractivity (Wildman–Crippen MR) is 84.9 cm³/mol. The number of ether oxygens (including phenoxy) is 2. The van der Waals surface area contributed by atoms with Gasteiger partial charge in [0.1, 0.15) is 5.69 Å². The second-order valence-electron chi connectivity index (χ2n) is 4.92. The van der Waals surface area contributed by atoms with Gasteiger partial charge in [0, 0.05) is 5.56 Å². The van der Waals surface area contributed by atoms with Gasteiger partial charge in [-0.1, -0.05) is 12.1 Å². The first-order valence-corrected chi connectivity index (χ1v) is 7.09. The van der Waals surface area contributed by atoms with Gasteiger partial charge in [0.25, 0.3) is 0 Å². The van der Waals surface area contributed by atoms with Gasteiger partial charge in [-0.15, -0.1) is 0 Å². The van der Waals surface area contributed by atoms with Gasteiger partial charge in [-0.3, -0.25) is 0 Å². The topological polar surface area (TPSA) is 102 Å². The van der Waals surface area contributed by atoms with E-state index in [0.717, 1.165) is 0 Å². The number of carbonyl (C=O) groups is 1. The highest BCUT2D eigenvalue weighted by Gasteiger charge is 2.32. The summed E-state index contributed by atoms with van der Waals surface area (Å²) in [6, 6.07) is 5.32. The minimum absolute atomic E-state index is 0.0922. The number of rotatable bonds is 6. The third kappa shape index (κ3) is 4.85. The van der Waals surface area contributed by atoms with Crippen molar-refractivity contribution in [2.45, 2.75) is 6.18 Å². The molecule has 0 saturated heterocycles. The normalized spacial score (nSPS) is 11.5.